The first-order chi connectivity index (χ1) is 8.66. The molecule has 0 aliphatic heterocycles. The average Bonchev–Trinajstić information content (AvgIpc) is 2.90. The quantitative estimate of drug-likeness (QED) is 0.863. The Balaban J connectivity index is 1.94. The van der Waals surface area contributed by atoms with E-state index in [9.17, 15) is 9.59 Å². The van der Waals surface area contributed by atoms with Crippen LogP contribution in [0.4, 0.5) is 0 Å². The molecule has 2 aromatic rings. The van der Waals surface area contributed by atoms with Gasteiger partial charge in [0.15, 0.2) is 0 Å². The Hall–Kier alpha value is -2.28. The summed E-state index contributed by atoms with van der Waals surface area (Å²) in [6.45, 7) is 0.295. The second-order valence-corrected chi connectivity index (χ2v) is 4.29. The number of carboxylic acid groups (broad SMARTS) is 1. The number of nitrogens with zero attached hydrogens (tertiary/aromatic N) is 2. The molecule has 0 radical (unpaired) electrons. The summed E-state index contributed by atoms with van der Waals surface area (Å²) >= 11 is 1.26. The Morgan fingerprint density at radius 3 is 2.72 bits per heavy atom. The normalized spacial score (nSPS) is 10.0. The molecule has 0 spiro atoms. The predicted molar refractivity (Wildman–Crippen MR) is 64.5 cm³/mol. The number of pyridine rings is 1. The molecule has 0 atom stereocenters. The van der Waals surface area contributed by atoms with E-state index < -0.39 is 5.97 Å². The number of hydrogen-bond acceptors (Lipinski definition) is 5. The number of carboxylic acids is 1. The van der Waals surface area contributed by atoms with E-state index in [0.29, 0.717) is 11.4 Å². The minimum atomic E-state index is -1.07. The molecular formula is C11H9N3O3S. The third-order valence-corrected chi connectivity index (χ3v) is 2.92. The molecule has 0 saturated heterocycles. The monoisotopic (exact) mass is 263 g/mol. The van der Waals surface area contributed by atoms with Crippen LogP contribution in [0.3, 0.4) is 0 Å². The summed E-state index contributed by atoms with van der Waals surface area (Å²) < 4.78 is 0. The lowest BCUT2D eigenvalue weighted by molar-refractivity contribution is 0.0690. The number of aromatic carboxylic acids is 1. The molecule has 0 aromatic carbocycles. The van der Waals surface area contributed by atoms with Gasteiger partial charge in [0.2, 0.25) is 0 Å². The van der Waals surface area contributed by atoms with Gasteiger partial charge in [-0.05, 0) is 11.6 Å². The largest absolute Gasteiger partial charge is 0.477 e. The molecule has 0 aliphatic rings. The summed E-state index contributed by atoms with van der Waals surface area (Å²) in [4.78, 5) is 30.3. The number of nitrogens with one attached hydrogen (secondary N) is 1. The SMILES string of the molecule is O=C(O)c1ccc(CNC(=O)c2cncs2)cn1. The van der Waals surface area contributed by atoms with Crippen molar-refractivity contribution in [3.8, 4) is 0 Å². The van der Waals surface area contributed by atoms with Gasteiger partial charge in [0.1, 0.15) is 10.6 Å². The molecule has 2 N–H and O–H groups in total. The van der Waals surface area contributed by atoms with Gasteiger partial charge < -0.3 is 10.4 Å². The molecule has 0 unspecified atom stereocenters. The third-order valence-electron chi connectivity index (χ3n) is 2.15. The molecule has 0 fully saturated rings. The van der Waals surface area contributed by atoms with Gasteiger partial charge in [0, 0.05) is 12.7 Å². The van der Waals surface area contributed by atoms with Crippen molar-refractivity contribution in [2.24, 2.45) is 0 Å². The highest BCUT2D eigenvalue weighted by Crippen LogP contribution is 2.06. The summed E-state index contributed by atoms with van der Waals surface area (Å²) in [6, 6.07) is 3.01. The van der Waals surface area contributed by atoms with Gasteiger partial charge in [-0.15, -0.1) is 11.3 Å². The van der Waals surface area contributed by atoms with Crippen molar-refractivity contribution in [1.29, 1.82) is 0 Å². The lowest BCUT2D eigenvalue weighted by Gasteiger charge is -2.03. The van der Waals surface area contributed by atoms with Crippen LogP contribution >= 0.6 is 11.3 Å². The van der Waals surface area contributed by atoms with Gasteiger partial charge in [0.25, 0.3) is 5.91 Å². The fourth-order valence-corrected chi connectivity index (χ4v) is 1.79. The number of rotatable bonds is 4. The van der Waals surface area contributed by atoms with Crippen LogP contribution in [0.2, 0.25) is 0 Å². The number of hydrogen-bond donors (Lipinski definition) is 2. The van der Waals surface area contributed by atoms with E-state index in [2.05, 4.69) is 15.3 Å². The smallest absolute Gasteiger partial charge is 0.354 e. The maximum Gasteiger partial charge on any atom is 0.354 e. The molecule has 6 nitrogen and oxygen atoms in total. The summed E-state index contributed by atoms with van der Waals surface area (Å²) in [6.07, 6.45) is 2.92. The predicted octanol–water partition coefficient (Wildman–Crippen LogP) is 1.17. The van der Waals surface area contributed by atoms with E-state index >= 15 is 0 Å². The summed E-state index contributed by atoms with van der Waals surface area (Å²) in [5, 5.41) is 11.4. The van der Waals surface area contributed by atoms with Crippen LogP contribution in [0.15, 0.2) is 30.0 Å². The molecule has 18 heavy (non-hydrogen) atoms. The highest BCUT2D eigenvalue weighted by molar-refractivity contribution is 7.11. The van der Waals surface area contributed by atoms with Crippen molar-refractivity contribution in [2.45, 2.75) is 6.54 Å². The lowest BCUT2D eigenvalue weighted by Crippen LogP contribution is -2.21. The number of amides is 1. The van der Waals surface area contributed by atoms with Gasteiger partial charge in [-0.1, -0.05) is 6.07 Å². The fraction of sp³-hybridized carbons (Fsp3) is 0.0909. The van der Waals surface area contributed by atoms with Crippen LogP contribution in [-0.4, -0.2) is 27.0 Å². The minimum Gasteiger partial charge on any atom is -0.477 e. The molecule has 7 heteroatoms. The zero-order valence-electron chi connectivity index (χ0n) is 9.16. The van der Waals surface area contributed by atoms with E-state index in [-0.39, 0.29) is 11.6 Å². The first kappa shape index (κ1) is 12.2. The zero-order chi connectivity index (χ0) is 13.0. The molecule has 92 valence electrons. The van der Waals surface area contributed by atoms with E-state index in [0.717, 1.165) is 5.56 Å². The summed E-state index contributed by atoms with van der Waals surface area (Å²) in [5.41, 5.74) is 2.29. The Morgan fingerprint density at radius 2 is 2.17 bits per heavy atom. The first-order valence-electron chi connectivity index (χ1n) is 5.02. The fourth-order valence-electron chi connectivity index (χ4n) is 1.25. The van der Waals surface area contributed by atoms with E-state index in [1.54, 1.807) is 11.6 Å². The Kier molecular flexibility index (Phi) is 3.63. The second-order valence-electron chi connectivity index (χ2n) is 3.41. The highest BCUT2D eigenvalue weighted by atomic mass is 32.1. The Morgan fingerprint density at radius 1 is 1.33 bits per heavy atom. The number of carbonyl (C=O) groups excluding carboxylic acids is 1. The Bertz CT molecular complexity index is 551. The molecular weight excluding hydrogens is 254 g/mol. The van der Waals surface area contributed by atoms with Crippen molar-refractivity contribution in [2.75, 3.05) is 0 Å². The average molecular weight is 263 g/mol. The molecule has 0 saturated carbocycles. The third kappa shape index (κ3) is 2.89. The second kappa shape index (κ2) is 5.37. The van der Waals surface area contributed by atoms with Crippen molar-refractivity contribution in [3.05, 3.63) is 46.2 Å². The number of carbonyl (C=O) groups is 2. The highest BCUT2D eigenvalue weighted by Gasteiger charge is 2.07. The van der Waals surface area contributed by atoms with E-state index in [1.165, 1.54) is 29.8 Å². The van der Waals surface area contributed by atoms with Gasteiger partial charge in [-0.25, -0.2) is 9.78 Å². The van der Waals surface area contributed by atoms with Crippen molar-refractivity contribution < 1.29 is 14.7 Å². The van der Waals surface area contributed by atoms with Crippen LogP contribution in [0.1, 0.15) is 25.7 Å². The zero-order valence-corrected chi connectivity index (χ0v) is 9.98. The molecule has 2 rings (SSSR count). The van der Waals surface area contributed by atoms with Gasteiger partial charge in [-0.2, -0.15) is 0 Å². The number of thiazole rings is 1. The summed E-state index contributed by atoms with van der Waals surface area (Å²) in [5.74, 6) is -1.28. The van der Waals surface area contributed by atoms with Crippen molar-refractivity contribution in [1.82, 2.24) is 15.3 Å². The van der Waals surface area contributed by atoms with Crippen LogP contribution in [0.25, 0.3) is 0 Å². The topological polar surface area (TPSA) is 92.2 Å². The standard InChI is InChI=1S/C11H9N3O3S/c15-10(9-5-12-6-18-9)14-4-7-1-2-8(11(16)17)13-3-7/h1-3,5-6H,4H2,(H,14,15)(H,16,17). The molecule has 0 aliphatic carbocycles. The minimum absolute atomic E-state index is 0.0208. The van der Waals surface area contributed by atoms with Crippen molar-refractivity contribution in [3.63, 3.8) is 0 Å². The first-order valence-corrected chi connectivity index (χ1v) is 5.89. The van der Waals surface area contributed by atoms with Gasteiger partial charge in [-0.3, -0.25) is 9.78 Å². The van der Waals surface area contributed by atoms with Crippen LogP contribution < -0.4 is 5.32 Å². The van der Waals surface area contributed by atoms with Gasteiger partial charge in [0.05, 0.1) is 11.7 Å². The summed E-state index contributed by atoms with van der Waals surface area (Å²) in [7, 11) is 0. The number of aromatic nitrogens is 2. The van der Waals surface area contributed by atoms with Gasteiger partial charge >= 0.3 is 5.97 Å². The van der Waals surface area contributed by atoms with Crippen molar-refractivity contribution >= 4 is 23.2 Å². The molecule has 2 heterocycles. The van der Waals surface area contributed by atoms with Crippen LogP contribution in [0.5, 0.6) is 0 Å². The molecule has 2 aromatic heterocycles. The van der Waals surface area contributed by atoms with Crippen LogP contribution in [0, 0.1) is 0 Å². The maximum absolute atomic E-state index is 11.6. The van der Waals surface area contributed by atoms with Crippen LogP contribution in [-0.2, 0) is 6.54 Å². The maximum atomic E-state index is 11.6. The Labute approximate surface area is 106 Å². The van der Waals surface area contributed by atoms with E-state index in [4.69, 9.17) is 5.11 Å². The molecule has 1 amide bonds. The van der Waals surface area contributed by atoms with E-state index in [1.807, 2.05) is 0 Å². The lowest BCUT2D eigenvalue weighted by atomic mass is 10.2. The molecule has 0 bridgehead atoms.